The Labute approximate surface area is 97.4 Å². The van der Waals surface area contributed by atoms with E-state index < -0.39 is 0 Å². The summed E-state index contributed by atoms with van der Waals surface area (Å²) in [6.07, 6.45) is 7.77. The number of hydrogen-bond acceptors (Lipinski definition) is 3. The predicted molar refractivity (Wildman–Crippen MR) is 64.9 cm³/mol. The molecule has 2 aliphatic rings. The molecule has 0 aliphatic carbocycles. The average molecular weight is 220 g/mol. The number of carbonyl (C=O) groups excluding carboxylic acids is 1. The Bertz CT molecular complexity index is 272. The molecule has 2 aliphatic heterocycles. The minimum Gasteiger partial charge on any atom is -0.368 e. The molecule has 0 spiro atoms. The van der Waals surface area contributed by atoms with Gasteiger partial charge in [0.25, 0.3) is 0 Å². The number of hydrogen-bond donors (Lipinski definition) is 0. The van der Waals surface area contributed by atoms with Gasteiger partial charge in [-0.2, -0.15) is 0 Å². The maximum atomic E-state index is 12.4. The van der Waals surface area contributed by atoms with Crippen LogP contribution in [-0.4, -0.2) is 40.8 Å². The topological polar surface area (TPSA) is 23.6 Å². The van der Waals surface area contributed by atoms with Gasteiger partial charge in [0.15, 0.2) is 5.78 Å². The highest BCUT2D eigenvalue weighted by Gasteiger charge is 2.37. The first kappa shape index (κ1) is 11.2. The molecule has 88 valence electrons. The van der Waals surface area contributed by atoms with Gasteiger partial charge in [0, 0.05) is 13.1 Å². The Morgan fingerprint density at radius 3 is 1.81 bits per heavy atom. The van der Waals surface area contributed by atoms with Gasteiger partial charge in [-0.1, -0.05) is 13.2 Å². The van der Waals surface area contributed by atoms with E-state index in [-0.39, 0.29) is 12.1 Å². The first-order valence-corrected chi connectivity index (χ1v) is 6.08. The Balaban J connectivity index is 2.06. The zero-order valence-corrected chi connectivity index (χ0v) is 9.77. The van der Waals surface area contributed by atoms with Crippen LogP contribution in [0.3, 0.4) is 0 Å². The quantitative estimate of drug-likeness (QED) is 0.721. The SMILES string of the molecule is C=CN1CCCC1C(=O)C1CCCN1C=C. The van der Waals surface area contributed by atoms with Crippen molar-refractivity contribution < 1.29 is 4.79 Å². The summed E-state index contributed by atoms with van der Waals surface area (Å²) in [6, 6.07) is 0.117. The molecule has 3 nitrogen and oxygen atoms in total. The molecule has 0 radical (unpaired) electrons. The van der Waals surface area contributed by atoms with Crippen molar-refractivity contribution in [3.63, 3.8) is 0 Å². The van der Waals surface area contributed by atoms with Crippen molar-refractivity contribution in [3.8, 4) is 0 Å². The molecule has 2 atom stereocenters. The highest BCUT2D eigenvalue weighted by Crippen LogP contribution is 2.25. The van der Waals surface area contributed by atoms with Crippen LogP contribution in [0.5, 0.6) is 0 Å². The van der Waals surface area contributed by atoms with Crippen molar-refractivity contribution in [1.82, 2.24) is 9.80 Å². The molecule has 0 N–H and O–H groups in total. The second kappa shape index (κ2) is 4.73. The van der Waals surface area contributed by atoms with Gasteiger partial charge in [-0.15, -0.1) is 0 Å². The van der Waals surface area contributed by atoms with Crippen molar-refractivity contribution in [2.45, 2.75) is 37.8 Å². The fourth-order valence-electron chi connectivity index (χ4n) is 2.85. The lowest BCUT2D eigenvalue weighted by molar-refractivity contribution is -0.126. The van der Waals surface area contributed by atoms with E-state index in [9.17, 15) is 4.79 Å². The summed E-state index contributed by atoms with van der Waals surface area (Å²) in [7, 11) is 0. The minimum absolute atomic E-state index is 0.0584. The molecular weight excluding hydrogens is 200 g/mol. The van der Waals surface area contributed by atoms with E-state index in [1.807, 2.05) is 12.4 Å². The molecule has 0 amide bonds. The summed E-state index contributed by atoms with van der Waals surface area (Å²) >= 11 is 0. The van der Waals surface area contributed by atoms with E-state index in [0.29, 0.717) is 5.78 Å². The fourth-order valence-corrected chi connectivity index (χ4v) is 2.85. The van der Waals surface area contributed by atoms with Crippen LogP contribution in [0.1, 0.15) is 25.7 Å². The van der Waals surface area contributed by atoms with Crippen LogP contribution in [0.4, 0.5) is 0 Å². The lowest BCUT2D eigenvalue weighted by atomic mass is 10.0. The van der Waals surface area contributed by atoms with Crippen LogP contribution < -0.4 is 0 Å². The van der Waals surface area contributed by atoms with Crippen molar-refractivity contribution in [2.24, 2.45) is 0 Å². The van der Waals surface area contributed by atoms with Gasteiger partial charge in [-0.3, -0.25) is 4.79 Å². The maximum Gasteiger partial charge on any atom is 0.177 e. The predicted octanol–water partition coefficient (Wildman–Crippen LogP) is 1.77. The summed E-state index contributed by atoms with van der Waals surface area (Å²) < 4.78 is 0. The Kier molecular flexibility index (Phi) is 3.32. The number of rotatable bonds is 4. The van der Waals surface area contributed by atoms with Crippen molar-refractivity contribution in [1.29, 1.82) is 0 Å². The van der Waals surface area contributed by atoms with Gasteiger partial charge in [-0.25, -0.2) is 0 Å². The number of Topliss-reactive ketones (excluding diaryl/α,β-unsaturated/α-hetero) is 1. The third-order valence-electron chi connectivity index (χ3n) is 3.71. The monoisotopic (exact) mass is 220 g/mol. The molecule has 2 fully saturated rings. The van der Waals surface area contributed by atoms with Crippen LogP contribution in [-0.2, 0) is 4.79 Å². The van der Waals surface area contributed by atoms with E-state index in [0.717, 1.165) is 38.8 Å². The zero-order chi connectivity index (χ0) is 11.5. The molecule has 3 heteroatoms. The molecule has 0 saturated carbocycles. The molecular formula is C13H20N2O. The summed E-state index contributed by atoms with van der Waals surface area (Å²) in [5, 5.41) is 0. The van der Waals surface area contributed by atoms with Crippen LogP contribution >= 0.6 is 0 Å². The first-order chi connectivity index (χ1) is 7.77. The van der Waals surface area contributed by atoms with Crippen LogP contribution in [0.2, 0.25) is 0 Å². The van der Waals surface area contributed by atoms with Crippen LogP contribution in [0.15, 0.2) is 25.6 Å². The third-order valence-corrected chi connectivity index (χ3v) is 3.71. The third kappa shape index (κ3) is 1.86. The van der Waals surface area contributed by atoms with Gasteiger partial charge in [0.1, 0.15) is 0 Å². The molecule has 2 rings (SSSR count). The fraction of sp³-hybridized carbons (Fsp3) is 0.615. The van der Waals surface area contributed by atoms with E-state index >= 15 is 0 Å². The Morgan fingerprint density at radius 1 is 1.00 bits per heavy atom. The van der Waals surface area contributed by atoms with E-state index in [1.165, 1.54) is 0 Å². The Morgan fingerprint density at radius 2 is 1.44 bits per heavy atom. The lowest BCUT2D eigenvalue weighted by Gasteiger charge is -2.28. The van der Waals surface area contributed by atoms with Gasteiger partial charge < -0.3 is 9.80 Å². The van der Waals surface area contributed by atoms with E-state index in [1.54, 1.807) is 0 Å². The highest BCUT2D eigenvalue weighted by molar-refractivity contribution is 5.89. The van der Waals surface area contributed by atoms with Gasteiger partial charge in [0.2, 0.25) is 0 Å². The molecule has 0 aromatic rings. The average Bonchev–Trinajstić information content (AvgIpc) is 2.96. The molecule has 2 heterocycles. The van der Waals surface area contributed by atoms with Crippen molar-refractivity contribution in [3.05, 3.63) is 25.6 Å². The van der Waals surface area contributed by atoms with Crippen LogP contribution in [0, 0.1) is 0 Å². The highest BCUT2D eigenvalue weighted by atomic mass is 16.1. The maximum absolute atomic E-state index is 12.4. The summed E-state index contributed by atoms with van der Waals surface area (Å²) in [5.41, 5.74) is 0. The second-order valence-electron chi connectivity index (χ2n) is 4.56. The molecule has 2 saturated heterocycles. The Hall–Kier alpha value is -1.25. The number of likely N-dealkylation sites (tertiary alicyclic amines) is 2. The number of carbonyl (C=O) groups is 1. The van der Waals surface area contributed by atoms with Gasteiger partial charge in [0.05, 0.1) is 12.1 Å². The number of ketones is 1. The molecule has 2 unspecified atom stereocenters. The molecule has 0 bridgehead atoms. The molecule has 0 aromatic carbocycles. The normalized spacial score (nSPS) is 29.5. The van der Waals surface area contributed by atoms with Crippen LogP contribution in [0.25, 0.3) is 0 Å². The van der Waals surface area contributed by atoms with E-state index in [4.69, 9.17) is 0 Å². The zero-order valence-electron chi connectivity index (χ0n) is 9.77. The smallest absolute Gasteiger partial charge is 0.177 e. The van der Waals surface area contributed by atoms with Crippen molar-refractivity contribution >= 4 is 5.78 Å². The lowest BCUT2D eigenvalue weighted by Crippen LogP contribution is -2.43. The summed E-state index contributed by atoms with van der Waals surface area (Å²) in [5.74, 6) is 0.356. The first-order valence-electron chi connectivity index (χ1n) is 6.08. The molecule has 16 heavy (non-hydrogen) atoms. The standard InChI is InChI=1S/C13H20N2O/c1-3-14-9-5-7-11(14)13(16)12-8-6-10-15(12)4-2/h3-4,11-12H,1-2,5-10H2. The van der Waals surface area contributed by atoms with Gasteiger partial charge >= 0.3 is 0 Å². The van der Waals surface area contributed by atoms with Gasteiger partial charge in [-0.05, 0) is 38.1 Å². The molecule has 0 aromatic heterocycles. The largest absolute Gasteiger partial charge is 0.368 e. The van der Waals surface area contributed by atoms with Crippen molar-refractivity contribution in [2.75, 3.05) is 13.1 Å². The summed E-state index contributed by atoms with van der Waals surface area (Å²) in [4.78, 5) is 16.6. The van der Waals surface area contributed by atoms with E-state index in [2.05, 4.69) is 23.0 Å². The summed E-state index contributed by atoms with van der Waals surface area (Å²) in [6.45, 7) is 9.51. The second-order valence-corrected chi connectivity index (χ2v) is 4.56. The minimum atomic E-state index is 0.0584. The number of nitrogens with zero attached hydrogens (tertiary/aromatic N) is 2.